The average molecular weight is 743 g/mol. The molecule has 0 spiro atoms. The van der Waals surface area contributed by atoms with Crippen LogP contribution in [0.3, 0.4) is 0 Å². The molecule has 2 heterocycles. The van der Waals surface area contributed by atoms with E-state index in [1.807, 2.05) is 47.6 Å². The molecule has 2 aliphatic heterocycles. The Hall–Kier alpha value is -2.69. The molecule has 4 rings (SSSR count). The van der Waals surface area contributed by atoms with E-state index in [4.69, 9.17) is 14.2 Å². The van der Waals surface area contributed by atoms with Gasteiger partial charge in [0.2, 0.25) is 0 Å². The summed E-state index contributed by atoms with van der Waals surface area (Å²) in [5.74, 6) is -4.42. The van der Waals surface area contributed by atoms with Gasteiger partial charge in [0.05, 0.1) is 30.3 Å². The van der Waals surface area contributed by atoms with Gasteiger partial charge in [-0.2, -0.15) is 0 Å². The molecular formula is C43H66O10. The van der Waals surface area contributed by atoms with Crippen molar-refractivity contribution in [1.29, 1.82) is 0 Å². The smallest absolute Gasteiger partial charge is 0.313 e. The van der Waals surface area contributed by atoms with Crippen LogP contribution in [0.5, 0.6) is 0 Å². The Bertz CT molecular complexity index is 1470. The van der Waals surface area contributed by atoms with Gasteiger partial charge in [0.1, 0.15) is 29.1 Å². The molecule has 2 bridgehead atoms. The number of hydrogen-bond donors (Lipinski definition) is 2. The number of ether oxygens (including phenoxy) is 3. The lowest BCUT2D eigenvalue weighted by molar-refractivity contribution is -0.239. The van der Waals surface area contributed by atoms with Crippen LogP contribution in [0, 0.1) is 40.9 Å². The van der Waals surface area contributed by atoms with Crippen molar-refractivity contribution < 1.29 is 48.4 Å². The molecule has 11 atom stereocenters. The Morgan fingerprint density at radius 1 is 0.906 bits per heavy atom. The van der Waals surface area contributed by atoms with E-state index in [0.717, 1.165) is 24.0 Å². The van der Waals surface area contributed by atoms with Gasteiger partial charge in [-0.05, 0) is 78.1 Å². The summed E-state index contributed by atoms with van der Waals surface area (Å²) in [4.78, 5) is 70.5. The number of Topliss-reactive ketones (excluding diaryl/α,β-unsaturated/α-hetero) is 3. The van der Waals surface area contributed by atoms with Crippen LogP contribution in [0.2, 0.25) is 0 Å². The van der Waals surface area contributed by atoms with Gasteiger partial charge in [-0.1, -0.05) is 63.3 Å². The van der Waals surface area contributed by atoms with E-state index < -0.39 is 64.6 Å². The summed E-state index contributed by atoms with van der Waals surface area (Å²) in [5, 5.41) is 23.7. The number of hydrogen-bond acceptors (Lipinski definition) is 10. The molecule has 0 aromatic carbocycles. The van der Waals surface area contributed by atoms with Crippen molar-refractivity contribution in [2.24, 2.45) is 40.9 Å². The molecule has 2 aliphatic carbocycles. The van der Waals surface area contributed by atoms with E-state index in [-0.39, 0.29) is 67.2 Å². The molecule has 10 nitrogen and oxygen atoms in total. The van der Waals surface area contributed by atoms with Gasteiger partial charge in [0.25, 0.3) is 0 Å². The van der Waals surface area contributed by atoms with Crippen molar-refractivity contribution in [3.05, 3.63) is 22.8 Å². The van der Waals surface area contributed by atoms with E-state index in [0.29, 0.717) is 37.7 Å². The van der Waals surface area contributed by atoms with Crippen molar-refractivity contribution >= 4 is 29.3 Å². The minimum atomic E-state index is -1.70. The van der Waals surface area contributed by atoms with Gasteiger partial charge in [0.15, 0.2) is 0 Å². The van der Waals surface area contributed by atoms with Crippen molar-refractivity contribution in [1.82, 2.24) is 0 Å². The summed E-state index contributed by atoms with van der Waals surface area (Å²) in [6.07, 6.45) is 3.43. The number of allylic oxidation sites excluding steroid dienone is 3. The molecule has 1 saturated heterocycles. The van der Waals surface area contributed by atoms with Crippen molar-refractivity contribution in [3.63, 3.8) is 0 Å². The second-order valence-corrected chi connectivity index (χ2v) is 17.9. The topological polar surface area (TPSA) is 154 Å². The van der Waals surface area contributed by atoms with E-state index in [1.165, 1.54) is 14.0 Å². The molecular weight excluding hydrogens is 676 g/mol. The molecule has 4 aliphatic rings. The highest BCUT2D eigenvalue weighted by Crippen LogP contribution is 2.56. The van der Waals surface area contributed by atoms with Gasteiger partial charge in [-0.3, -0.25) is 24.0 Å². The van der Waals surface area contributed by atoms with Gasteiger partial charge in [-0.25, -0.2) is 0 Å². The maximum Gasteiger partial charge on any atom is 0.313 e. The molecule has 53 heavy (non-hydrogen) atoms. The second kappa shape index (κ2) is 17.0. The fourth-order valence-electron chi connectivity index (χ4n) is 9.72. The van der Waals surface area contributed by atoms with Crippen LogP contribution >= 0.6 is 0 Å². The number of aliphatic hydroxyl groups is 2. The first-order valence-corrected chi connectivity index (χ1v) is 19.9. The van der Waals surface area contributed by atoms with Crippen LogP contribution in [0.15, 0.2) is 22.8 Å². The first-order valence-electron chi connectivity index (χ1n) is 19.9. The SMILES string of the molecule is COC(=O)[C@]12CC(=O)[C@H](C(C)C)CC(=O)[C@H](C)CCC[C@H](C)CC(=O)[C@H]1CC(C)=C1C[C@H](OC(C)=O)[C@](C)(O)[C@H]3CC[C@@](C)(O)C(CC/C(C)=C/C12)O3. The molecule has 0 radical (unpaired) electrons. The number of methoxy groups -OCH3 is 1. The van der Waals surface area contributed by atoms with Crippen LogP contribution in [0.25, 0.3) is 0 Å². The zero-order valence-electron chi connectivity index (χ0n) is 33.9. The van der Waals surface area contributed by atoms with Crippen molar-refractivity contribution in [3.8, 4) is 0 Å². The molecule has 0 aromatic heterocycles. The largest absolute Gasteiger partial charge is 0.469 e. The van der Waals surface area contributed by atoms with Crippen LogP contribution in [-0.2, 0) is 38.2 Å². The minimum absolute atomic E-state index is 0.00267. The lowest BCUT2D eigenvalue weighted by atomic mass is 9.53. The Labute approximate surface area is 316 Å². The number of carbonyl (C=O) groups excluding carboxylic acids is 5. The minimum Gasteiger partial charge on any atom is -0.469 e. The Balaban J connectivity index is 2.02. The molecule has 10 heteroatoms. The number of rotatable bonds is 3. The third-order valence-electron chi connectivity index (χ3n) is 13.3. The third kappa shape index (κ3) is 9.24. The molecule has 2 N–H and O–H groups in total. The molecule has 1 saturated carbocycles. The van der Waals surface area contributed by atoms with E-state index in [9.17, 15) is 34.2 Å². The lowest BCUT2D eigenvalue weighted by Crippen LogP contribution is -2.60. The van der Waals surface area contributed by atoms with E-state index in [2.05, 4.69) is 0 Å². The Morgan fingerprint density at radius 2 is 1.58 bits per heavy atom. The summed E-state index contributed by atoms with van der Waals surface area (Å²) < 4.78 is 18.0. The second-order valence-electron chi connectivity index (χ2n) is 17.9. The number of esters is 2. The summed E-state index contributed by atoms with van der Waals surface area (Å²) in [5.41, 5.74) is -2.12. The summed E-state index contributed by atoms with van der Waals surface area (Å²) in [6, 6.07) is 0. The quantitative estimate of drug-likeness (QED) is 0.233. The zero-order valence-corrected chi connectivity index (χ0v) is 33.9. The van der Waals surface area contributed by atoms with Gasteiger partial charge < -0.3 is 24.4 Å². The van der Waals surface area contributed by atoms with Gasteiger partial charge in [0, 0.05) is 56.3 Å². The van der Waals surface area contributed by atoms with Crippen LogP contribution < -0.4 is 0 Å². The predicted octanol–water partition coefficient (Wildman–Crippen LogP) is 6.82. The maximum absolute atomic E-state index is 14.8. The summed E-state index contributed by atoms with van der Waals surface area (Å²) in [7, 11) is 1.28. The highest BCUT2D eigenvalue weighted by molar-refractivity contribution is 5.97. The van der Waals surface area contributed by atoms with Crippen LogP contribution in [0.4, 0.5) is 0 Å². The molecule has 0 aromatic rings. The zero-order chi connectivity index (χ0) is 39.6. The van der Waals surface area contributed by atoms with E-state index in [1.54, 1.807) is 13.8 Å². The number of carbonyl (C=O) groups is 5. The van der Waals surface area contributed by atoms with Crippen molar-refractivity contribution in [2.75, 3.05) is 7.11 Å². The monoisotopic (exact) mass is 742 g/mol. The summed E-state index contributed by atoms with van der Waals surface area (Å²) in [6.45, 7) is 16.2. The predicted molar refractivity (Wildman–Crippen MR) is 200 cm³/mol. The molecule has 2 fully saturated rings. The van der Waals surface area contributed by atoms with Crippen molar-refractivity contribution in [2.45, 2.75) is 169 Å². The normalized spacial score (nSPS) is 40.8. The highest BCUT2D eigenvalue weighted by Gasteiger charge is 2.60. The molecule has 298 valence electrons. The Kier molecular flexibility index (Phi) is 13.8. The van der Waals surface area contributed by atoms with Gasteiger partial charge >= 0.3 is 11.9 Å². The summed E-state index contributed by atoms with van der Waals surface area (Å²) >= 11 is 0. The van der Waals surface area contributed by atoms with E-state index >= 15 is 0 Å². The fraction of sp³-hybridized carbons (Fsp3) is 0.791. The first-order chi connectivity index (χ1) is 24.6. The lowest BCUT2D eigenvalue weighted by Gasteiger charge is -2.51. The number of fused-ring (bicyclic) bond motifs is 5. The average Bonchev–Trinajstić information content (AvgIpc) is 3.06. The highest BCUT2D eigenvalue weighted by atomic mass is 16.6. The standard InChI is InChI=1S/C43H66O10/c1-24(2)30-21-34(45)27(5)13-11-12-25(3)19-35(46)33-20-28(6)31-22-39(52-29(7)44)42(9,50)38-16-17-41(8,49)37(53-38)15-14-26(4)18-32(31)43(33,23-36(30)47)40(48)51-10/h18,24-25,27,30,32-33,37-39,49-50H,11-17,19-23H2,1-10H3/b26-18+/t25-,27+,30-,32?,33+,37?,38+,39-,41+,42+,43-/m0/s1. The van der Waals surface area contributed by atoms with Crippen LogP contribution in [0.1, 0.15) is 139 Å². The molecule has 2 unspecified atom stereocenters. The Morgan fingerprint density at radius 3 is 2.21 bits per heavy atom. The molecule has 0 amide bonds. The fourth-order valence-corrected chi connectivity index (χ4v) is 9.72. The van der Waals surface area contributed by atoms with Gasteiger partial charge in [-0.15, -0.1) is 0 Å². The number of ketones is 3. The maximum atomic E-state index is 14.8. The van der Waals surface area contributed by atoms with Crippen LogP contribution in [-0.4, -0.2) is 76.1 Å². The first kappa shape index (κ1) is 43.0. The third-order valence-corrected chi connectivity index (χ3v) is 13.3.